The van der Waals surface area contributed by atoms with Gasteiger partial charge in [0.2, 0.25) is 0 Å². The van der Waals surface area contributed by atoms with Crippen LogP contribution in [0.25, 0.3) is 6.08 Å². The molecular formula is C15H16F3NO4. The van der Waals surface area contributed by atoms with Crippen LogP contribution in [-0.4, -0.2) is 25.2 Å². The van der Waals surface area contributed by atoms with Gasteiger partial charge in [0.1, 0.15) is 0 Å². The Bertz CT molecular complexity index is 651. The van der Waals surface area contributed by atoms with E-state index in [0.29, 0.717) is 0 Å². The number of nitrogen functional groups attached to an aromatic ring is 1. The van der Waals surface area contributed by atoms with Gasteiger partial charge in [0.25, 0.3) is 0 Å². The first-order valence-corrected chi connectivity index (χ1v) is 6.50. The maximum Gasteiger partial charge on any atom is 0.418 e. The topological polar surface area (TPSA) is 78.6 Å². The lowest BCUT2D eigenvalue weighted by Crippen LogP contribution is -2.22. The van der Waals surface area contributed by atoms with Crippen LogP contribution in [-0.2, 0) is 15.7 Å². The molecule has 0 amide bonds. The van der Waals surface area contributed by atoms with Gasteiger partial charge in [0.05, 0.1) is 35.6 Å². The Balaban J connectivity index is 3.78. The number of nitrogens with two attached hydrogens (primary N) is 1. The number of rotatable bonds is 4. The van der Waals surface area contributed by atoms with E-state index in [1.54, 1.807) is 0 Å². The summed E-state index contributed by atoms with van der Waals surface area (Å²) >= 11 is 0. The first kappa shape index (κ1) is 18.5. The standard InChI is InChI=1S/C15H16F3NO4/c1-5-8-6-9(13(20)22-4)10(14(21)23-7(2)3)12(19)11(8)15(16,17)18/h5-7H,1,19H2,2-4H3. The number of halogens is 3. The van der Waals surface area contributed by atoms with E-state index in [1.165, 1.54) is 13.8 Å². The molecule has 0 unspecified atom stereocenters. The van der Waals surface area contributed by atoms with E-state index in [-0.39, 0.29) is 0 Å². The van der Waals surface area contributed by atoms with Crippen molar-refractivity contribution in [3.05, 3.63) is 34.9 Å². The van der Waals surface area contributed by atoms with Gasteiger partial charge < -0.3 is 15.2 Å². The average molecular weight is 331 g/mol. The molecule has 0 heterocycles. The molecule has 5 nitrogen and oxygen atoms in total. The molecule has 1 aromatic carbocycles. The van der Waals surface area contributed by atoms with Gasteiger partial charge in [-0.15, -0.1) is 0 Å². The number of carbonyl (C=O) groups is 2. The normalized spacial score (nSPS) is 11.3. The van der Waals surface area contributed by atoms with Crippen molar-refractivity contribution in [2.75, 3.05) is 12.8 Å². The van der Waals surface area contributed by atoms with Crippen LogP contribution < -0.4 is 5.73 Å². The lowest BCUT2D eigenvalue weighted by Gasteiger charge is -2.19. The van der Waals surface area contributed by atoms with Gasteiger partial charge in [-0.1, -0.05) is 12.7 Å². The van der Waals surface area contributed by atoms with Gasteiger partial charge in [0.15, 0.2) is 0 Å². The number of ether oxygens (including phenoxy) is 2. The second-order valence-corrected chi connectivity index (χ2v) is 4.82. The number of hydrogen-bond acceptors (Lipinski definition) is 5. The largest absolute Gasteiger partial charge is 0.465 e. The molecule has 0 atom stereocenters. The first-order valence-electron chi connectivity index (χ1n) is 6.50. The third-order valence-corrected chi connectivity index (χ3v) is 2.85. The molecule has 2 N–H and O–H groups in total. The Morgan fingerprint density at radius 3 is 2.26 bits per heavy atom. The lowest BCUT2D eigenvalue weighted by molar-refractivity contribution is -0.137. The summed E-state index contributed by atoms with van der Waals surface area (Å²) in [4.78, 5) is 23.9. The fourth-order valence-electron chi connectivity index (χ4n) is 1.97. The minimum atomic E-state index is -4.84. The average Bonchev–Trinajstić information content (AvgIpc) is 2.42. The molecule has 0 spiro atoms. The van der Waals surface area contributed by atoms with E-state index >= 15 is 0 Å². The highest BCUT2D eigenvalue weighted by Crippen LogP contribution is 2.40. The van der Waals surface area contributed by atoms with Crippen LogP contribution in [0.1, 0.15) is 45.7 Å². The van der Waals surface area contributed by atoms with Crippen molar-refractivity contribution in [1.82, 2.24) is 0 Å². The fraction of sp³-hybridized carbons (Fsp3) is 0.333. The number of anilines is 1. The molecule has 23 heavy (non-hydrogen) atoms. The predicted molar refractivity (Wildman–Crippen MR) is 77.8 cm³/mol. The number of hydrogen-bond donors (Lipinski definition) is 1. The van der Waals surface area contributed by atoms with E-state index in [1.807, 2.05) is 0 Å². The van der Waals surface area contributed by atoms with Crippen molar-refractivity contribution in [2.24, 2.45) is 0 Å². The Hall–Kier alpha value is -2.51. The predicted octanol–water partition coefficient (Wildman–Crippen LogP) is 3.28. The SMILES string of the molecule is C=Cc1cc(C(=O)OC)c(C(=O)OC(C)C)c(N)c1C(F)(F)F. The lowest BCUT2D eigenvalue weighted by atomic mass is 9.95. The molecule has 1 rings (SSSR count). The molecule has 126 valence electrons. The van der Waals surface area contributed by atoms with Gasteiger partial charge in [-0.3, -0.25) is 0 Å². The Morgan fingerprint density at radius 2 is 1.87 bits per heavy atom. The van der Waals surface area contributed by atoms with Crippen LogP contribution in [0.4, 0.5) is 18.9 Å². The minimum absolute atomic E-state index is 0.418. The number of alkyl halides is 3. The molecule has 0 aliphatic carbocycles. The van der Waals surface area contributed by atoms with Crippen LogP contribution in [0.3, 0.4) is 0 Å². The van der Waals surface area contributed by atoms with Gasteiger partial charge in [-0.2, -0.15) is 13.2 Å². The fourth-order valence-corrected chi connectivity index (χ4v) is 1.97. The Labute approximate surface area is 130 Å². The van der Waals surface area contributed by atoms with Gasteiger partial charge in [-0.05, 0) is 25.5 Å². The molecule has 0 saturated heterocycles. The second-order valence-electron chi connectivity index (χ2n) is 4.82. The zero-order valence-corrected chi connectivity index (χ0v) is 12.8. The molecule has 8 heteroatoms. The van der Waals surface area contributed by atoms with Crippen LogP contribution >= 0.6 is 0 Å². The molecule has 1 aromatic rings. The summed E-state index contributed by atoms with van der Waals surface area (Å²) < 4.78 is 49.0. The van der Waals surface area contributed by atoms with Crippen LogP contribution in [0, 0.1) is 0 Å². The van der Waals surface area contributed by atoms with E-state index in [9.17, 15) is 22.8 Å². The molecule has 0 aliphatic heterocycles. The molecule has 0 aromatic heterocycles. The Kier molecular flexibility index (Phi) is 5.42. The molecule has 0 fully saturated rings. The summed E-state index contributed by atoms with van der Waals surface area (Å²) in [5.74, 6) is -2.15. The van der Waals surface area contributed by atoms with Crippen molar-refractivity contribution in [3.8, 4) is 0 Å². The first-order chi connectivity index (χ1) is 10.5. The van der Waals surface area contributed by atoms with E-state index < -0.39 is 52.2 Å². The summed E-state index contributed by atoms with van der Waals surface area (Å²) in [7, 11) is 1.03. The highest BCUT2D eigenvalue weighted by molar-refractivity contribution is 6.08. The highest BCUT2D eigenvalue weighted by atomic mass is 19.4. The van der Waals surface area contributed by atoms with Crippen LogP contribution in [0.15, 0.2) is 12.6 Å². The molecule has 0 saturated carbocycles. The van der Waals surface area contributed by atoms with E-state index in [0.717, 1.165) is 19.3 Å². The second kappa shape index (κ2) is 6.72. The van der Waals surface area contributed by atoms with Crippen molar-refractivity contribution in [3.63, 3.8) is 0 Å². The van der Waals surface area contributed by atoms with Gasteiger partial charge >= 0.3 is 18.1 Å². The third-order valence-electron chi connectivity index (χ3n) is 2.85. The van der Waals surface area contributed by atoms with Crippen molar-refractivity contribution in [2.45, 2.75) is 26.1 Å². The van der Waals surface area contributed by atoms with Crippen molar-refractivity contribution >= 4 is 23.7 Å². The maximum atomic E-state index is 13.2. The monoisotopic (exact) mass is 331 g/mol. The zero-order valence-electron chi connectivity index (χ0n) is 12.8. The summed E-state index contributed by atoms with van der Waals surface area (Å²) in [6, 6.07) is 0.856. The maximum absolute atomic E-state index is 13.2. The molecular weight excluding hydrogens is 315 g/mol. The van der Waals surface area contributed by atoms with Crippen LogP contribution in [0.2, 0.25) is 0 Å². The third kappa shape index (κ3) is 3.82. The van der Waals surface area contributed by atoms with E-state index in [2.05, 4.69) is 11.3 Å². The smallest absolute Gasteiger partial charge is 0.418 e. The number of methoxy groups -OCH3 is 1. The summed E-state index contributed by atoms with van der Waals surface area (Å²) in [6.07, 6.45) is -4.56. The summed E-state index contributed by atoms with van der Waals surface area (Å²) in [6.45, 7) is 6.29. The Morgan fingerprint density at radius 1 is 1.30 bits per heavy atom. The van der Waals surface area contributed by atoms with Gasteiger partial charge in [0, 0.05) is 0 Å². The van der Waals surface area contributed by atoms with Crippen molar-refractivity contribution < 1.29 is 32.2 Å². The van der Waals surface area contributed by atoms with Crippen LogP contribution in [0.5, 0.6) is 0 Å². The van der Waals surface area contributed by atoms with E-state index in [4.69, 9.17) is 10.5 Å². The molecule has 0 bridgehead atoms. The zero-order chi connectivity index (χ0) is 17.9. The number of benzene rings is 1. The summed E-state index contributed by atoms with van der Waals surface area (Å²) in [5.41, 5.74) is 1.85. The molecule has 0 aliphatic rings. The molecule has 0 radical (unpaired) electrons. The summed E-state index contributed by atoms with van der Waals surface area (Å²) in [5, 5.41) is 0. The quantitative estimate of drug-likeness (QED) is 0.676. The number of esters is 2. The van der Waals surface area contributed by atoms with Gasteiger partial charge in [-0.25, -0.2) is 9.59 Å². The highest BCUT2D eigenvalue weighted by Gasteiger charge is 2.39. The van der Waals surface area contributed by atoms with Crippen molar-refractivity contribution in [1.29, 1.82) is 0 Å². The minimum Gasteiger partial charge on any atom is -0.465 e. The number of carbonyl (C=O) groups excluding carboxylic acids is 2.